The van der Waals surface area contributed by atoms with Crippen LogP contribution in [0.5, 0.6) is 0 Å². The van der Waals surface area contributed by atoms with Gasteiger partial charge in [-0.15, -0.1) is 0 Å². The van der Waals surface area contributed by atoms with Crippen molar-refractivity contribution in [3.05, 3.63) is 35.9 Å². The highest BCUT2D eigenvalue weighted by molar-refractivity contribution is 5.78. The van der Waals surface area contributed by atoms with Gasteiger partial charge in [0.05, 0.1) is 12.5 Å². The number of nitrogens with one attached hydrogen (secondary N) is 1. The van der Waals surface area contributed by atoms with Crippen LogP contribution in [0, 0.1) is 11.8 Å². The predicted molar refractivity (Wildman–Crippen MR) is 82.8 cm³/mol. The van der Waals surface area contributed by atoms with Gasteiger partial charge in [-0.2, -0.15) is 0 Å². The zero-order valence-corrected chi connectivity index (χ0v) is 13.0. The number of aliphatic carboxylic acids is 1. The van der Waals surface area contributed by atoms with E-state index in [4.69, 9.17) is 5.11 Å². The number of hydrogen-bond acceptors (Lipinski definition) is 2. The highest BCUT2D eigenvalue weighted by Crippen LogP contribution is 2.21. The molecule has 1 amide bonds. The molecule has 0 fully saturated rings. The molecule has 116 valence electrons. The number of carboxylic acid groups (broad SMARTS) is 1. The first-order chi connectivity index (χ1) is 9.93. The first-order valence-electron chi connectivity index (χ1n) is 7.50. The smallest absolute Gasteiger partial charge is 0.305 e. The monoisotopic (exact) mass is 291 g/mol. The summed E-state index contributed by atoms with van der Waals surface area (Å²) < 4.78 is 0. The van der Waals surface area contributed by atoms with E-state index in [0.29, 0.717) is 18.3 Å². The van der Waals surface area contributed by atoms with Gasteiger partial charge in [-0.1, -0.05) is 57.5 Å². The summed E-state index contributed by atoms with van der Waals surface area (Å²) in [6.07, 6.45) is 1.28. The number of carbonyl (C=O) groups is 2. The lowest BCUT2D eigenvalue weighted by molar-refractivity contribution is -0.137. The van der Waals surface area contributed by atoms with Crippen LogP contribution in [-0.2, 0) is 9.59 Å². The SMILES string of the molecule is CCC(CC(=O)NC(CC(=O)O)c1ccccc1)C(C)C. The maximum absolute atomic E-state index is 12.2. The van der Waals surface area contributed by atoms with Crippen molar-refractivity contribution in [3.63, 3.8) is 0 Å². The lowest BCUT2D eigenvalue weighted by atomic mass is 9.89. The normalized spacial score (nSPS) is 13.7. The van der Waals surface area contributed by atoms with E-state index in [0.717, 1.165) is 12.0 Å². The first kappa shape index (κ1) is 17.2. The van der Waals surface area contributed by atoms with Crippen molar-refractivity contribution in [2.24, 2.45) is 11.8 Å². The Balaban J connectivity index is 2.73. The second-order valence-electron chi connectivity index (χ2n) is 5.75. The minimum atomic E-state index is -0.917. The molecule has 21 heavy (non-hydrogen) atoms. The summed E-state index contributed by atoms with van der Waals surface area (Å²) in [6, 6.07) is 8.77. The third-order valence-electron chi connectivity index (χ3n) is 3.83. The molecule has 4 nitrogen and oxygen atoms in total. The topological polar surface area (TPSA) is 66.4 Å². The highest BCUT2D eigenvalue weighted by Gasteiger charge is 2.21. The van der Waals surface area contributed by atoms with E-state index in [1.54, 1.807) is 0 Å². The summed E-state index contributed by atoms with van der Waals surface area (Å²) in [5.41, 5.74) is 0.825. The van der Waals surface area contributed by atoms with E-state index in [9.17, 15) is 9.59 Å². The number of carboxylic acids is 1. The predicted octanol–water partition coefficient (Wildman–Crippen LogP) is 3.39. The van der Waals surface area contributed by atoms with Crippen molar-refractivity contribution in [1.82, 2.24) is 5.32 Å². The summed E-state index contributed by atoms with van der Waals surface area (Å²) in [5.74, 6) is -0.229. The van der Waals surface area contributed by atoms with Gasteiger partial charge in [0.25, 0.3) is 0 Å². The van der Waals surface area contributed by atoms with Crippen LogP contribution < -0.4 is 5.32 Å². The van der Waals surface area contributed by atoms with Crippen LogP contribution >= 0.6 is 0 Å². The van der Waals surface area contributed by atoms with Gasteiger partial charge in [0.2, 0.25) is 5.91 Å². The van der Waals surface area contributed by atoms with Gasteiger partial charge in [0.1, 0.15) is 0 Å². The van der Waals surface area contributed by atoms with Gasteiger partial charge < -0.3 is 10.4 Å². The first-order valence-corrected chi connectivity index (χ1v) is 7.50. The molecule has 1 rings (SSSR count). The lowest BCUT2D eigenvalue weighted by Gasteiger charge is -2.22. The van der Waals surface area contributed by atoms with Crippen LogP contribution in [0.2, 0.25) is 0 Å². The number of carbonyl (C=O) groups excluding carboxylic acids is 1. The Kier molecular flexibility index (Phi) is 6.92. The number of hydrogen-bond donors (Lipinski definition) is 2. The second-order valence-corrected chi connectivity index (χ2v) is 5.75. The van der Waals surface area contributed by atoms with E-state index in [2.05, 4.69) is 26.1 Å². The van der Waals surface area contributed by atoms with Crippen molar-refractivity contribution in [1.29, 1.82) is 0 Å². The molecular formula is C17H25NO3. The third kappa shape index (κ3) is 5.98. The van der Waals surface area contributed by atoms with Crippen LogP contribution in [0.3, 0.4) is 0 Å². The molecule has 0 heterocycles. The number of amides is 1. The molecule has 0 aliphatic carbocycles. The standard InChI is InChI=1S/C17H25NO3/c1-4-13(12(2)3)10-16(19)18-15(11-17(20)21)14-8-6-5-7-9-14/h5-9,12-13,15H,4,10-11H2,1-3H3,(H,18,19)(H,20,21). The van der Waals surface area contributed by atoms with Gasteiger partial charge in [-0.3, -0.25) is 9.59 Å². The van der Waals surface area contributed by atoms with Crippen molar-refractivity contribution < 1.29 is 14.7 Å². The fourth-order valence-corrected chi connectivity index (χ4v) is 2.46. The van der Waals surface area contributed by atoms with E-state index < -0.39 is 12.0 Å². The zero-order valence-electron chi connectivity index (χ0n) is 13.0. The molecule has 0 aliphatic rings. The molecule has 0 saturated carbocycles. The summed E-state index contributed by atoms with van der Waals surface area (Å²) in [4.78, 5) is 23.2. The lowest BCUT2D eigenvalue weighted by Crippen LogP contribution is -2.32. The number of benzene rings is 1. The molecule has 2 unspecified atom stereocenters. The van der Waals surface area contributed by atoms with Crippen LogP contribution in [0.25, 0.3) is 0 Å². The quantitative estimate of drug-likeness (QED) is 0.771. The van der Waals surface area contributed by atoms with Gasteiger partial charge in [-0.25, -0.2) is 0 Å². The molecule has 0 spiro atoms. The zero-order chi connectivity index (χ0) is 15.8. The van der Waals surface area contributed by atoms with Crippen LogP contribution in [0.4, 0.5) is 0 Å². The molecular weight excluding hydrogens is 266 g/mol. The molecule has 0 radical (unpaired) electrons. The average molecular weight is 291 g/mol. The highest BCUT2D eigenvalue weighted by atomic mass is 16.4. The summed E-state index contributed by atoms with van der Waals surface area (Å²) in [5, 5.41) is 11.9. The van der Waals surface area contributed by atoms with Crippen molar-refractivity contribution in [2.75, 3.05) is 0 Å². The largest absolute Gasteiger partial charge is 0.481 e. The Labute approximate surface area is 126 Å². The Bertz CT molecular complexity index is 456. The minimum Gasteiger partial charge on any atom is -0.481 e. The summed E-state index contributed by atoms with van der Waals surface area (Å²) >= 11 is 0. The number of rotatable bonds is 8. The Morgan fingerprint density at radius 1 is 1.14 bits per heavy atom. The van der Waals surface area contributed by atoms with Crippen LogP contribution in [-0.4, -0.2) is 17.0 Å². The maximum Gasteiger partial charge on any atom is 0.305 e. The van der Waals surface area contributed by atoms with Crippen molar-refractivity contribution in [2.45, 2.75) is 46.1 Å². The van der Waals surface area contributed by atoms with Gasteiger partial charge in [0, 0.05) is 6.42 Å². The van der Waals surface area contributed by atoms with Gasteiger partial charge >= 0.3 is 5.97 Å². The maximum atomic E-state index is 12.2. The Hall–Kier alpha value is -1.84. The molecule has 0 saturated heterocycles. The molecule has 1 aromatic rings. The molecule has 1 aromatic carbocycles. The van der Waals surface area contributed by atoms with E-state index in [1.165, 1.54) is 0 Å². The minimum absolute atomic E-state index is 0.0781. The van der Waals surface area contributed by atoms with Crippen LogP contribution in [0.15, 0.2) is 30.3 Å². The van der Waals surface area contributed by atoms with Gasteiger partial charge in [0.15, 0.2) is 0 Å². The third-order valence-corrected chi connectivity index (χ3v) is 3.83. The van der Waals surface area contributed by atoms with Crippen molar-refractivity contribution >= 4 is 11.9 Å². The fourth-order valence-electron chi connectivity index (χ4n) is 2.46. The second kappa shape index (κ2) is 8.45. The van der Waals surface area contributed by atoms with E-state index in [1.807, 2.05) is 30.3 Å². The Morgan fingerprint density at radius 3 is 2.24 bits per heavy atom. The summed E-state index contributed by atoms with van der Waals surface area (Å²) in [7, 11) is 0. The Morgan fingerprint density at radius 2 is 1.76 bits per heavy atom. The van der Waals surface area contributed by atoms with Gasteiger partial charge in [-0.05, 0) is 17.4 Å². The molecule has 2 atom stereocenters. The van der Waals surface area contributed by atoms with E-state index >= 15 is 0 Å². The molecule has 0 aliphatic heterocycles. The molecule has 0 aromatic heterocycles. The van der Waals surface area contributed by atoms with E-state index in [-0.39, 0.29) is 12.3 Å². The molecule has 2 N–H and O–H groups in total. The fraction of sp³-hybridized carbons (Fsp3) is 0.529. The van der Waals surface area contributed by atoms with Crippen molar-refractivity contribution in [3.8, 4) is 0 Å². The summed E-state index contributed by atoms with van der Waals surface area (Å²) in [6.45, 7) is 6.28. The average Bonchev–Trinajstić information content (AvgIpc) is 2.44. The molecule has 0 bridgehead atoms. The molecule has 4 heteroatoms. The van der Waals surface area contributed by atoms with Crippen LogP contribution in [0.1, 0.15) is 51.6 Å².